The maximum absolute atomic E-state index is 9.77. The maximum atomic E-state index is 9.77. The van der Waals surface area contributed by atoms with Crippen molar-refractivity contribution in [1.29, 1.82) is 5.26 Å². The van der Waals surface area contributed by atoms with Gasteiger partial charge in [0.1, 0.15) is 6.07 Å². The van der Waals surface area contributed by atoms with Gasteiger partial charge in [0.05, 0.1) is 42.4 Å². The van der Waals surface area contributed by atoms with Gasteiger partial charge in [-0.25, -0.2) is 0 Å². The smallest absolute Gasteiger partial charge is 0.163 e. The lowest BCUT2D eigenvalue weighted by atomic mass is 10.1. The fraction of sp³-hybridized carbons (Fsp3) is 0.357. The van der Waals surface area contributed by atoms with E-state index in [0.29, 0.717) is 29.4 Å². The number of fused-ring (bicyclic) bond motifs is 2. The van der Waals surface area contributed by atoms with Crippen LogP contribution in [0.2, 0.25) is 0 Å². The number of aromatic nitrogens is 1. The molecule has 0 radical (unpaired) electrons. The molecule has 2 aromatic heterocycles. The van der Waals surface area contributed by atoms with Crippen LogP contribution in [0.25, 0.3) is 21.9 Å². The molecule has 36 heavy (non-hydrogen) atoms. The summed E-state index contributed by atoms with van der Waals surface area (Å²) in [6.07, 6.45) is 5.30. The first kappa shape index (κ1) is 23.9. The van der Waals surface area contributed by atoms with Gasteiger partial charge in [0.2, 0.25) is 0 Å². The van der Waals surface area contributed by atoms with Crippen molar-refractivity contribution in [2.75, 3.05) is 58.8 Å². The number of nitriles is 1. The van der Waals surface area contributed by atoms with E-state index in [1.165, 1.54) is 0 Å². The van der Waals surface area contributed by atoms with Gasteiger partial charge in [-0.3, -0.25) is 4.98 Å². The van der Waals surface area contributed by atoms with Gasteiger partial charge in [-0.15, -0.1) is 0 Å². The van der Waals surface area contributed by atoms with Crippen LogP contribution >= 0.6 is 0 Å². The number of ether oxygens (including phenoxy) is 2. The fourth-order valence-corrected chi connectivity index (χ4v) is 4.61. The molecule has 8 heteroatoms. The summed E-state index contributed by atoms with van der Waals surface area (Å²) in [5.74, 6) is 1.26. The molecule has 1 saturated heterocycles. The standard InChI is InChI=1S/C28H31N5O3/c1-32-10-12-33(13-11-32)9-3-4-14-35-26-17-24-22(16-25(26)34-2)27(21(18-29)19-30-24)31-23-7-5-6-20-8-15-36-28(20)23/h5-8,15-17,19H,3-4,9-14H2,1-2H3,(H,30,31). The number of furan rings is 1. The van der Waals surface area contributed by atoms with Crippen molar-refractivity contribution in [3.8, 4) is 17.6 Å². The van der Waals surface area contributed by atoms with E-state index < -0.39 is 0 Å². The average Bonchev–Trinajstić information content (AvgIpc) is 3.39. The normalized spacial score (nSPS) is 14.7. The molecule has 1 N–H and O–H groups in total. The predicted molar refractivity (Wildman–Crippen MR) is 141 cm³/mol. The molecular weight excluding hydrogens is 454 g/mol. The van der Waals surface area contributed by atoms with Crippen molar-refractivity contribution in [1.82, 2.24) is 14.8 Å². The van der Waals surface area contributed by atoms with Crippen molar-refractivity contribution < 1.29 is 13.9 Å². The SMILES string of the molecule is COc1cc2c(Nc3cccc4ccoc34)c(C#N)cnc2cc1OCCCCN1CCN(C)CC1. The van der Waals surface area contributed by atoms with E-state index in [2.05, 4.69) is 33.2 Å². The number of para-hydroxylation sites is 1. The molecule has 0 unspecified atom stereocenters. The molecule has 8 nitrogen and oxygen atoms in total. The highest BCUT2D eigenvalue weighted by Gasteiger charge is 2.16. The molecule has 4 aromatic rings. The van der Waals surface area contributed by atoms with E-state index in [4.69, 9.17) is 13.9 Å². The second-order valence-corrected chi connectivity index (χ2v) is 9.15. The molecule has 1 aliphatic heterocycles. The largest absolute Gasteiger partial charge is 0.493 e. The van der Waals surface area contributed by atoms with E-state index in [9.17, 15) is 5.26 Å². The molecule has 0 amide bonds. The molecular formula is C28H31N5O3. The minimum atomic E-state index is 0.436. The summed E-state index contributed by atoms with van der Waals surface area (Å²) in [6.45, 7) is 6.26. The van der Waals surface area contributed by atoms with Crippen LogP contribution in [0, 0.1) is 11.3 Å². The Hall–Kier alpha value is -3.80. The maximum Gasteiger partial charge on any atom is 0.163 e. The fourth-order valence-electron chi connectivity index (χ4n) is 4.61. The number of hydrogen-bond donors (Lipinski definition) is 1. The molecule has 2 aromatic carbocycles. The second kappa shape index (κ2) is 10.9. The van der Waals surface area contributed by atoms with Gasteiger partial charge in [-0.05, 0) is 44.6 Å². The summed E-state index contributed by atoms with van der Waals surface area (Å²) in [5.41, 5.74) is 3.32. The van der Waals surface area contributed by atoms with Crippen molar-refractivity contribution in [2.24, 2.45) is 0 Å². The van der Waals surface area contributed by atoms with Crippen LogP contribution in [-0.2, 0) is 0 Å². The molecule has 186 valence electrons. The number of piperazine rings is 1. The Morgan fingerprint density at radius 3 is 2.78 bits per heavy atom. The Morgan fingerprint density at radius 2 is 1.97 bits per heavy atom. The number of pyridine rings is 1. The predicted octanol–water partition coefficient (Wildman–Crippen LogP) is 5.01. The zero-order chi connectivity index (χ0) is 24.9. The number of rotatable bonds is 9. The number of hydrogen-bond acceptors (Lipinski definition) is 8. The first-order valence-corrected chi connectivity index (χ1v) is 12.3. The third kappa shape index (κ3) is 5.08. The summed E-state index contributed by atoms with van der Waals surface area (Å²) in [6, 6.07) is 13.8. The molecule has 1 fully saturated rings. The molecule has 0 bridgehead atoms. The quantitative estimate of drug-likeness (QED) is 0.331. The van der Waals surface area contributed by atoms with Crippen LogP contribution in [0.1, 0.15) is 18.4 Å². The monoisotopic (exact) mass is 485 g/mol. The molecule has 5 rings (SSSR count). The average molecular weight is 486 g/mol. The van der Waals surface area contributed by atoms with E-state index in [1.54, 1.807) is 19.6 Å². The molecule has 0 spiro atoms. The number of unbranched alkanes of at least 4 members (excludes halogenated alkanes) is 1. The number of nitrogens with one attached hydrogen (secondary N) is 1. The van der Waals surface area contributed by atoms with Gasteiger partial charge in [0.25, 0.3) is 0 Å². The summed E-state index contributed by atoms with van der Waals surface area (Å²) >= 11 is 0. The summed E-state index contributed by atoms with van der Waals surface area (Å²) in [5, 5.41) is 14.9. The molecule has 0 atom stereocenters. The lowest BCUT2D eigenvalue weighted by molar-refractivity contribution is 0.149. The first-order valence-electron chi connectivity index (χ1n) is 12.3. The van der Waals surface area contributed by atoms with Gasteiger partial charge >= 0.3 is 0 Å². The Labute approximate surface area is 211 Å². The van der Waals surface area contributed by atoms with Crippen LogP contribution in [0.4, 0.5) is 11.4 Å². The van der Waals surface area contributed by atoms with E-state index in [1.807, 2.05) is 36.4 Å². The van der Waals surface area contributed by atoms with Gasteiger partial charge in [0.15, 0.2) is 17.1 Å². The van der Waals surface area contributed by atoms with Gasteiger partial charge in [-0.1, -0.05) is 12.1 Å². The van der Waals surface area contributed by atoms with Crippen LogP contribution < -0.4 is 14.8 Å². The van der Waals surface area contributed by atoms with Crippen molar-refractivity contribution >= 4 is 33.2 Å². The number of nitrogens with zero attached hydrogens (tertiary/aromatic N) is 4. The summed E-state index contributed by atoms with van der Waals surface area (Å²) in [4.78, 5) is 9.41. The zero-order valence-electron chi connectivity index (χ0n) is 20.8. The van der Waals surface area contributed by atoms with E-state index >= 15 is 0 Å². The van der Waals surface area contributed by atoms with E-state index in [0.717, 1.165) is 73.1 Å². The summed E-state index contributed by atoms with van der Waals surface area (Å²) in [7, 11) is 3.80. The van der Waals surface area contributed by atoms with Gasteiger partial charge in [0, 0.05) is 49.2 Å². The first-order chi connectivity index (χ1) is 17.7. The van der Waals surface area contributed by atoms with Gasteiger partial charge < -0.3 is 29.0 Å². The molecule has 1 aliphatic rings. The van der Waals surface area contributed by atoms with Crippen LogP contribution in [-0.4, -0.2) is 68.3 Å². The molecule has 0 aliphatic carbocycles. The minimum absolute atomic E-state index is 0.436. The third-order valence-corrected chi connectivity index (χ3v) is 6.73. The number of benzene rings is 2. The number of methoxy groups -OCH3 is 1. The Morgan fingerprint density at radius 1 is 1.11 bits per heavy atom. The lowest BCUT2D eigenvalue weighted by Crippen LogP contribution is -2.44. The third-order valence-electron chi connectivity index (χ3n) is 6.73. The van der Waals surface area contributed by atoms with Crippen molar-refractivity contribution in [3.63, 3.8) is 0 Å². The second-order valence-electron chi connectivity index (χ2n) is 9.15. The molecule has 3 heterocycles. The highest BCUT2D eigenvalue weighted by molar-refractivity contribution is 6.00. The lowest BCUT2D eigenvalue weighted by Gasteiger charge is -2.32. The highest BCUT2D eigenvalue weighted by Crippen LogP contribution is 2.38. The van der Waals surface area contributed by atoms with Crippen molar-refractivity contribution in [3.05, 3.63) is 54.4 Å². The summed E-state index contributed by atoms with van der Waals surface area (Å²) < 4.78 is 17.4. The van der Waals surface area contributed by atoms with Crippen LogP contribution in [0.3, 0.4) is 0 Å². The van der Waals surface area contributed by atoms with Crippen LogP contribution in [0.15, 0.2) is 53.3 Å². The van der Waals surface area contributed by atoms with Crippen molar-refractivity contribution in [2.45, 2.75) is 12.8 Å². The topological polar surface area (TPSA) is 86.8 Å². The Bertz CT molecular complexity index is 1390. The zero-order valence-corrected chi connectivity index (χ0v) is 20.8. The number of likely N-dealkylation sites (N-methyl/N-ethyl adjacent to an activating group) is 1. The molecule has 0 saturated carbocycles. The minimum Gasteiger partial charge on any atom is -0.493 e. The van der Waals surface area contributed by atoms with Crippen LogP contribution in [0.5, 0.6) is 11.5 Å². The Kier molecular flexibility index (Phi) is 7.21. The van der Waals surface area contributed by atoms with E-state index in [-0.39, 0.29) is 0 Å². The highest BCUT2D eigenvalue weighted by atomic mass is 16.5. The van der Waals surface area contributed by atoms with Gasteiger partial charge in [-0.2, -0.15) is 5.26 Å². The number of anilines is 2. The Balaban J connectivity index is 1.33.